The highest BCUT2D eigenvalue weighted by atomic mass is 16.3. The van der Waals surface area contributed by atoms with Crippen molar-refractivity contribution in [2.75, 3.05) is 18.0 Å². The zero-order valence-electron chi connectivity index (χ0n) is 16.7. The van der Waals surface area contributed by atoms with Gasteiger partial charge in [-0.25, -0.2) is 4.98 Å². The molecule has 0 radical (unpaired) electrons. The van der Waals surface area contributed by atoms with Crippen LogP contribution in [0, 0.1) is 0 Å². The monoisotopic (exact) mass is 384 g/mol. The molecule has 2 aromatic carbocycles. The Morgan fingerprint density at radius 1 is 1.03 bits per heavy atom. The van der Waals surface area contributed by atoms with E-state index in [1.165, 1.54) is 0 Å². The summed E-state index contributed by atoms with van der Waals surface area (Å²) >= 11 is 0. The molecule has 1 N–H and O–H groups in total. The second kappa shape index (κ2) is 8.19. The SMILES string of the molecule is CCN(CC)c1ccc(C=Nc2ccc(-c3cn4ccccc4n3)cc2)c(O)c1. The van der Waals surface area contributed by atoms with E-state index in [2.05, 4.69) is 28.7 Å². The average Bonchev–Trinajstić information content (AvgIpc) is 3.19. The van der Waals surface area contributed by atoms with E-state index in [0.717, 1.165) is 41.4 Å². The lowest BCUT2D eigenvalue weighted by Gasteiger charge is -2.21. The normalized spacial score (nSPS) is 11.4. The predicted molar refractivity (Wildman–Crippen MR) is 120 cm³/mol. The second-order valence-corrected chi connectivity index (χ2v) is 6.81. The summed E-state index contributed by atoms with van der Waals surface area (Å²) < 4.78 is 2.01. The summed E-state index contributed by atoms with van der Waals surface area (Å²) in [6, 6.07) is 19.6. The molecule has 2 heterocycles. The van der Waals surface area contributed by atoms with Gasteiger partial charge in [-0.2, -0.15) is 0 Å². The van der Waals surface area contributed by atoms with Gasteiger partial charge >= 0.3 is 0 Å². The molecule has 0 saturated heterocycles. The van der Waals surface area contributed by atoms with Gasteiger partial charge in [-0.3, -0.25) is 4.99 Å². The Morgan fingerprint density at radius 3 is 2.52 bits per heavy atom. The molecule has 0 unspecified atom stereocenters. The van der Waals surface area contributed by atoms with Crippen LogP contribution >= 0.6 is 0 Å². The van der Waals surface area contributed by atoms with Crippen molar-refractivity contribution in [1.29, 1.82) is 0 Å². The van der Waals surface area contributed by atoms with Gasteiger partial charge in [0.1, 0.15) is 11.4 Å². The van der Waals surface area contributed by atoms with E-state index in [1.54, 1.807) is 12.3 Å². The van der Waals surface area contributed by atoms with E-state index >= 15 is 0 Å². The standard InChI is InChI=1S/C24H24N4O/c1-3-27(4-2)21-13-10-19(23(29)15-21)16-25-20-11-8-18(9-12-20)22-17-28-14-6-5-7-24(28)26-22/h5-17,29H,3-4H2,1-2H3. The van der Waals surface area contributed by atoms with Crippen LogP contribution in [-0.4, -0.2) is 33.8 Å². The maximum atomic E-state index is 10.3. The predicted octanol–water partition coefficient (Wildman–Crippen LogP) is 5.30. The van der Waals surface area contributed by atoms with Crippen molar-refractivity contribution in [2.24, 2.45) is 4.99 Å². The Kier molecular flexibility index (Phi) is 5.29. The summed E-state index contributed by atoms with van der Waals surface area (Å²) in [5, 5.41) is 10.3. The Labute approximate surface area is 170 Å². The molecule has 4 rings (SSSR count). The fourth-order valence-electron chi connectivity index (χ4n) is 3.36. The number of aliphatic imine (C=N–C) groups is 1. The highest BCUT2D eigenvalue weighted by Crippen LogP contribution is 2.25. The van der Waals surface area contributed by atoms with Crippen LogP contribution in [0.5, 0.6) is 5.75 Å². The molecule has 0 aliphatic heterocycles. The van der Waals surface area contributed by atoms with Crippen LogP contribution in [0.4, 0.5) is 11.4 Å². The van der Waals surface area contributed by atoms with Gasteiger partial charge in [-0.1, -0.05) is 18.2 Å². The van der Waals surface area contributed by atoms with Gasteiger partial charge in [-0.15, -0.1) is 0 Å². The molecule has 2 aromatic heterocycles. The molecule has 5 heteroatoms. The molecule has 0 bridgehead atoms. The Balaban J connectivity index is 1.52. The summed E-state index contributed by atoms with van der Waals surface area (Å²) in [5.74, 6) is 0.236. The summed E-state index contributed by atoms with van der Waals surface area (Å²) in [6.07, 6.45) is 5.70. The van der Waals surface area contributed by atoms with Crippen LogP contribution in [-0.2, 0) is 0 Å². The molecule has 4 aromatic rings. The van der Waals surface area contributed by atoms with Crippen molar-refractivity contribution in [1.82, 2.24) is 9.38 Å². The number of aromatic hydroxyl groups is 1. The van der Waals surface area contributed by atoms with Crippen LogP contribution in [0.1, 0.15) is 19.4 Å². The molecule has 0 amide bonds. The smallest absolute Gasteiger partial charge is 0.137 e. The minimum Gasteiger partial charge on any atom is -0.507 e. The van der Waals surface area contributed by atoms with Crippen molar-refractivity contribution in [3.8, 4) is 17.0 Å². The van der Waals surface area contributed by atoms with E-state index in [1.807, 2.05) is 71.4 Å². The molecule has 0 spiro atoms. The lowest BCUT2D eigenvalue weighted by Crippen LogP contribution is -2.21. The van der Waals surface area contributed by atoms with Crippen LogP contribution in [0.15, 0.2) is 78.0 Å². The first-order valence-corrected chi connectivity index (χ1v) is 9.84. The molecular formula is C24H24N4O. The highest BCUT2D eigenvalue weighted by Gasteiger charge is 2.06. The number of anilines is 1. The van der Waals surface area contributed by atoms with E-state index in [9.17, 15) is 5.11 Å². The summed E-state index contributed by atoms with van der Waals surface area (Å²) in [5.41, 5.74) is 5.43. The first kappa shape index (κ1) is 18.7. The minimum atomic E-state index is 0.236. The van der Waals surface area contributed by atoms with E-state index in [0.29, 0.717) is 5.56 Å². The van der Waals surface area contributed by atoms with Crippen molar-refractivity contribution < 1.29 is 5.11 Å². The second-order valence-electron chi connectivity index (χ2n) is 6.81. The number of benzene rings is 2. The lowest BCUT2D eigenvalue weighted by atomic mass is 10.1. The number of aromatic nitrogens is 2. The molecule has 29 heavy (non-hydrogen) atoms. The number of hydrogen-bond donors (Lipinski definition) is 1. The third kappa shape index (κ3) is 3.99. The maximum absolute atomic E-state index is 10.3. The van der Waals surface area contributed by atoms with Gasteiger partial charge in [0.05, 0.1) is 11.4 Å². The largest absolute Gasteiger partial charge is 0.507 e. The Bertz CT molecular complexity index is 1110. The van der Waals surface area contributed by atoms with E-state index in [4.69, 9.17) is 0 Å². The van der Waals surface area contributed by atoms with Crippen molar-refractivity contribution in [3.63, 3.8) is 0 Å². The number of hydrogen-bond acceptors (Lipinski definition) is 4. The number of rotatable bonds is 6. The van der Waals surface area contributed by atoms with E-state index < -0.39 is 0 Å². The Morgan fingerprint density at radius 2 is 1.83 bits per heavy atom. The first-order chi connectivity index (χ1) is 14.2. The zero-order valence-corrected chi connectivity index (χ0v) is 16.7. The van der Waals surface area contributed by atoms with Crippen molar-refractivity contribution in [2.45, 2.75) is 13.8 Å². The fraction of sp³-hybridized carbons (Fsp3) is 0.167. The number of imidazole rings is 1. The molecule has 146 valence electrons. The molecule has 0 saturated carbocycles. The average molecular weight is 384 g/mol. The zero-order chi connectivity index (χ0) is 20.2. The van der Waals surface area contributed by atoms with Crippen LogP contribution in [0.3, 0.4) is 0 Å². The van der Waals surface area contributed by atoms with Gasteiger partial charge in [-0.05, 0) is 50.2 Å². The quantitative estimate of drug-likeness (QED) is 0.459. The fourth-order valence-corrected chi connectivity index (χ4v) is 3.36. The Hall–Kier alpha value is -3.60. The summed E-state index contributed by atoms with van der Waals surface area (Å²) in [4.78, 5) is 11.3. The van der Waals surface area contributed by atoms with E-state index in [-0.39, 0.29) is 5.75 Å². The van der Waals surface area contributed by atoms with Crippen LogP contribution in [0.2, 0.25) is 0 Å². The summed E-state index contributed by atoms with van der Waals surface area (Å²) in [6.45, 7) is 6.02. The molecule has 0 aliphatic carbocycles. The number of phenols is 1. The van der Waals surface area contributed by atoms with Crippen molar-refractivity contribution in [3.05, 3.63) is 78.6 Å². The molecule has 5 nitrogen and oxygen atoms in total. The van der Waals surface area contributed by atoms with Crippen molar-refractivity contribution >= 4 is 23.2 Å². The number of pyridine rings is 1. The summed E-state index contributed by atoms with van der Waals surface area (Å²) in [7, 11) is 0. The van der Waals surface area contributed by atoms with Gasteiger partial charge in [0.2, 0.25) is 0 Å². The van der Waals surface area contributed by atoms with Gasteiger partial charge in [0.25, 0.3) is 0 Å². The van der Waals surface area contributed by atoms with Crippen LogP contribution in [0.25, 0.3) is 16.9 Å². The van der Waals surface area contributed by atoms with Gasteiger partial charge < -0.3 is 14.4 Å². The first-order valence-electron chi connectivity index (χ1n) is 9.84. The molecule has 0 aliphatic rings. The van der Waals surface area contributed by atoms with Gasteiger partial charge in [0.15, 0.2) is 0 Å². The lowest BCUT2D eigenvalue weighted by molar-refractivity contribution is 0.474. The topological polar surface area (TPSA) is 53.1 Å². The number of fused-ring (bicyclic) bond motifs is 1. The number of phenolic OH excluding ortho intramolecular Hbond substituents is 1. The van der Waals surface area contributed by atoms with Gasteiger partial charge in [0, 0.05) is 54.6 Å². The minimum absolute atomic E-state index is 0.236. The maximum Gasteiger partial charge on any atom is 0.137 e. The van der Waals surface area contributed by atoms with Crippen LogP contribution < -0.4 is 4.90 Å². The number of nitrogens with zero attached hydrogens (tertiary/aromatic N) is 4. The molecule has 0 atom stereocenters. The third-order valence-electron chi connectivity index (χ3n) is 5.02. The highest BCUT2D eigenvalue weighted by molar-refractivity contribution is 5.86. The third-order valence-corrected chi connectivity index (χ3v) is 5.02. The molecular weight excluding hydrogens is 360 g/mol. The molecule has 0 fully saturated rings.